The average molecular weight is 462 g/mol. The van der Waals surface area contributed by atoms with Crippen LogP contribution >= 0.6 is 23.2 Å². The topological polar surface area (TPSA) is 114 Å². The van der Waals surface area contributed by atoms with Crippen molar-refractivity contribution in [1.82, 2.24) is 5.32 Å². The first-order valence-electron chi connectivity index (χ1n) is 9.32. The summed E-state index contributed by atoms with van der Waals surface area (Å²) >= 11 is 12.1. The molecule has 0 unspecified atom stereocenters. The van der Waals surface area contributed by atoms with E-state index in [-0.39, 0.29) is 26.9 Å². The largest absolute Gasteiger partial charge is 0.870 e. The van der Waals surface area contributed by atoms with Crippen LogP contribution in [0.15, 0.2) is 77.2 Å². The first-order chi connectivity index (χ1) is 14.5. The molecule has 0 aliphatic carbocycles. The molecule has 0 fully saturated rings. The first kappa shape index (κ1) is 24.4. The Morgan fingerprint density at radius 3 is 2.23 bits per heavy atom. The third-order valence-electron chi connectivity index (χ3n) is 4.33. The third-order valence-corrected chi connectivity index (χ3v) is 4.91. The van der Waals surface area contributed by atoms with Gasteiger partial charge in [0, 0.05) is 24.3 Å². The fraction of sp³-hybridized carbons (Fsp3) is 0.190. The van der Waals surface area contributed by atoms with Crippen molar-refractivity contribution >= 4 is 40.3 Å². The zero-order valence-electron chi connectivity index (χ0n) is 16.5. The summed E-state index contributed by atoms with van der Waals surface area (Å²) in [6.07, 6.45) is 4.99. The summed E-state index contributed by atoms with van der Waals surface area (Å²) in [6, 6.07) is 16.1. The maximum atomic E-state index is 10.8. The number of nitro benzene ring substituents is 1. The van der Waals surface area contributed by atoms with E-state index >= 15 is 0 Å². The van der Waals surface area contributed by atoms with E-state index in [1.165, 1.54) is 17.7 Å². The van der Waals surface area contributed by atoms with Crippen LogP contribution in [-0.2, 0) is 13.0 Å². The number of benzene rings is 2. The lowest BCUT2D eigenvalue weighted by atomic mass is 10.1. The number of hydrogen-bond donors (Lipinski definition) is 1. The molecule has 3 aromatic rings. The van der Waals surface area contributed by atoms with Crippen LogP contribution in [-0.4, -0.2) is 23.5 Å². The van der Waals surface area contributed by atoms with Gasteiger partial charge in [0.15, 0.2) is 18.9 Å². The Morgan fingerprint density at radius 1 is 0.968 bits per heavy atom. The number of nitrogens with one attached hydrogen (secondary N) is 1. The molecule has 0 aliphatic heterocycles. The number of hydrogen-bond acceptors (Lipinski definition) is 6. The highest BCUT2D eigenvalue weighted by Crippen LogP contribution is 2.37. The lowest BCUT2D eigenvalue weighted by molar-refractivity contribution is -0.695. The second-order valence-corrected chi connectivity index (χ2v) is 7.31. The molecular formula is C21H21Cl2N5O3. The van der Waals surface area contributed by atoms with E-state index in [0.29, 0.717) is 5.69 Å². The molecule has 0 radical (unpaired) electrons. The molecule has 0 amide bonds. The fourth-order valence-corrected chi connectivity index (χ4v) is 3.29. The molecular weight excluding hydrogens is 441 g/mol. The molecule has 1 aromatic heterocycles. The van der Waals surface area contributed by atoms with Gasteiger partial charge in [0.1, 0.15) is 5.69 Å². The number of nitrogens with zero attached hydrogens (tertiary/aromatic N) is 4. The van der Waals surface area contributed by atoms with E-state index in [1.807, 2.05) is 54.9 Å². The summed E-state index contributed by atoms with van der Waals surface area (Å²) in [7, 11) is 0. The van der Waals surface area contributed by atoms with Gasteiger partial charge in [-0.1, -0.05) is 41.4 Å². The third kappa shape index (κ3) is 7.37. The molecule has 0 bridgehead atoms. The maximum Gasteiger partial charge on any atom is 0.272 e. The molecule has 3 rings (SSSR count). The molecule has 2 aromatic carbocycles. The molecule has 0 spiro atoms. The first-order valence-corrected chi connectivity index (χ1v) is 10.1. The lowest BCUT2D eigenvalue weighted by Crippen LogP contribution is -2.38. The minimum absolute atomic E-state index is 0. The quantitative estimate of drug-likeness (QED) is 0.154. The molecule has 2 N–H and O–H groups in total. The Balaban J connectivity index is 0.00000341. The Kier molecular flexibility index (Phi) is 9.48. The lowest BCUT2D eigenvalue weighted by Gasteiger charge is -2.04. The van der Waals surface area contributed by atoms with E-state index in [4.69, 9.17) is 23.2 Å². The summed E-state index contributed by atoms with van der Waals surface area (Å²) in [5.74, 6) is 0. The Morgan fingerprint density at radius 2 is 1.61 bits per heavy atom. The van der Waals surface area contributed by atoms with Crippen LogP contribution in [0.1, 0.15) is 5.56 Å². The second kappa shape index (κ2) is 12.1. The molecule has 162 valence electrons. The summed E-state index contributed by atoms with van der Waals surface area (Å²) in [5.41, 5.74) is 1.83. The Labute approximate surface area is 189 Å². The average Bonchev–Trinajstić information content (AvgIpc) is 2.74. The second-order valence-electron chi connectivity index (χ2n) is 6.49. The number of rotatable bonds is 9. The van der Waals surface area contributed by atoms with Crippen molar-refractivity contribution in [2.45, 2.75) is 13.0 Å². The van der Waals surface area contributed by atoms with Gasteiger partial charge >= 0.3 is 0 Å². The number of halogens is 2. The molecule has 31 heavy (non-hydrogen) atoms. The number of non-ortho nitro benzene ring substituents is 1. The highest BCUT2D eigenvalue weighted by atomic mass is 35.5. The summed E-state index contributed by atoms with van der Waals surface area (Å²) in [5, 5.41) is 22.6. The van der Waals surface area contributed by atoms with Gasteiger partial charge in [-0.05, 0) is 30.7 Å². The van der Waals surface area contributed by atoms with Crippen molar-refractivity contribution in [2.24, 2.45) is 10.2 Å². The minimum Gasteiger partial charge on any atom is -0.870 e. The van der Waals surface area contributed by atoms with E-state index < -0.39 is 4.92 Å². The molecule has 1 heterocycles. The van der Waals surface area contributed by atoms with Gasteiger partial charge in [0.2, 0.25) is 0 Å². The standard InChI is InChI=1S/C21H20Cl2N5O2.H2O/c22-19-14-18(28(29)30)15-20(23)21(19)26-25-17-6-4-16(5-7-17)8-9-24-10-13-27-11-2-1-3-12-27;/h1-7,11-12,14-15,24H,8-10,13H2;1H2/q+1;/p-1. The number of nitro groups is 1. The highest BCUT2D eigenvalue weighted by molar-refractivity contribution is 6.39. The fourth-order valence-electron chi connectivity index (χ4n) is 2.74. The van der Waals surface area contributed by atoms with Crippen molar-refractivity contribution in [3.63, 3.8) is 0 Å². The maximum absolute atomic E-state index is 10.8. The molecule has 0 saturated carbocycles. The molecule has 0 atom stereocenters. The molecule has 8 nitrogen and oxygen atoms in total. The smallest absolute Gasteiger partial charge is 0.272 e. The van der Waals surface area contributed by atoms with Crippen molar-refractivity contribution in [2.75, 3.05) is 13.1 Å². The van der Waals surface area contributed by atoms with Crippen LogP contribution < -0.4 is 9.88 Å². The predicted molar refractivity (Wildman–Crippen MR) is 119 cm³/mol. The normalized spacial score (nSPS) is 10.8. The summed E-state index contributed by atoms with van der Waals surface area (Å²) in [4.78, 5) is 10.3. The Hall–Kier alpha value is -2.91. The van der Waals surface area contributed by atoms with Gasteiger partial charge in [0.05, 0.1) is 27.2 Å². The van der Waals surface area contributed by atoms with Gasteiger partial charge in [-0.2, -0.15) is 5.11 Å². The number of pyridine rings is 1. The summed E-state index contributed by atoms with van der Waals surface area (Å²) in [6.45, 7) is 2.70. The van der Waals surface area contributed by atoms with Gasteiger partial charge in [-0.15, -0.1) is 5.11 Å². The van der Waals surface area contributed by atoms with Crippen LogP contribution in [0, 0.1) is 10.1 Å². The van der Waals surface area contributed by atoms with Crippen LogP contribution in [0.4, 0.5) is 17.1 Å². The number of aromatic nitrogens is 1. The summed E-state index contributed by atoms with van der Waals surface area (Å²) < 4.78 is 2.14. The number of azo groups is 1. The van der Waals surface area contributed by atoms with Crippen molar-refractivity contribution in [3.05, 3.63) is 92.7 Å². The van der Waals surface area contributed by atoms with Crippen LogP contribution in [0.2, 0.25) is 10.0 Å². The van der Waals surface area contributed by atoms with E-state index in [1.54, 1.807) is 0 Å². The van der Waals surface area contributed by atoms with Gasteiger partial charge in [-0.3, -0.25) is 10.1 Å². The van der Waals surface area contributed by atoms with Gasteiger partial charge in [-0.25, -0.2) is 4.57 Å². The van der Waals surface area contributed by atoms with Crippen molar-refractivity contribution in [3.8, 4) is 0 Å². The molecule has 10 heteroatoms. The minimum atomic E-state index is -0.563. The SMILES string of the molecule is O=[N+]([O-])c1cc(Cl)c(N=Nc2ccc(CCNCC[n+]3ccccc3)cc2)c(Cl)c1.[OH-]. The Bertz CT molecular complexity index is 1010. The zero-order chi connectivity index (χ0) is 21.3. The molecule has 0 aliphatic rings. The highest BCUT2D eigenvalue weighted by Gasteiger charge is 2.14. The van der Waals surface area contributed by atoms with Crippen LogP contribution in [0.3, 0.4) is 0 Å². The van der Waals surface area contributed by atoms with Crippen molar-refractivity contribution < 1.29 is 15.0 Å². The van der Waals surface area contributed by atoms with Gasteiger partial charge in [0.25, 0.3) is 5.69 Å². The zero-order valence-corrected chi connectivity index (χ0v) is 18.0. The van der Waals surface area contributed by atoms with Crippen LogP contribution in [0.5, 0.6) is 0 Å². The predicted octanol–water partition coefficient (Wildman–Crippen LogP) is 5.26. The van der Waals surface area contributed by atoms with Crippen molar-refractivity contribution in [1.29, 1.82) is 0 Å². The van der Waals surface area contributed by atoms with E-state index in [9.17, 15) is 10.1 Å². The monoisotopic (exact) mass is 461 g/mol. The van der Waals surface area contributed by atoms with E-state index in [2.05, 4.69) is 20.1 Å². The van der Waals surface area contributed by atoms with Crippen LogP contribution in [0.25, 0.3) is 0 Å². The van der Waals surface area contributed by atoms with Gasteiger partial charge < -0.3 is 10.8 Å². The molecule has 0 saturated heterocycles. The van der Waals surface area contributed by atoms with E-state index in [0.717, 1.165) is 26.1 Å².